The second-order valence-corrected chi connectivity index (χ2v) is 1.89. The molecule has 0 aliphatic carbocycles. The molecule has 1 amide bonds. The fourth-order valence-electron chi connectivity index (χ4n) is 0.279. The topological polar surface area (TPSA) is 38.3 Å². The molecule has 1 N–H and O–H groups in total. The van der Waals surface area contributed by atoms with Gasteiger partial charge in [-0.15, -0.1) is 0 Å². The average Bonchev–Trinajstić information content (AvgIpc) is 2.26. The number of nitrogens with one attached hydrogen (secondary N) is 1. The Hall–Kier alpha value is -0.440. The van der Waals surface area contributed by atoms with Gasteiger partial charge >= 0.3 is 6.09 Å². The largest absolute Gasteiger partial charge is 0.436 e. The number of alkyl carbamates (subject to hydrolysis) is 1. The van der Waals surface area contributed by atoms with Crippen molar-refractivity contribution in [2.45, 2.75) is 19.6 Å². The first-order valence-electron chi connectivity index (χ1n) is 7.24. The Morgan fingerprint density at radius 3 is 3.42 bits per heavy atom. The summed E-state index contributed by atoms with van der Waals surface area (Å²) in [7, 11) is 0. The molecule has 68 valence electrons. The molecule has 0 heterocycles. The fraction of sp³-hybridized carbons (Fsp3) is 0.625. The fourth-order valence-corrected chi connectivity index (χ4v) is 0.434. The second-order valence-electron chi connectivity index (χ2n) is 1.35. The van der Waals surface area contributed by atoms with E-state index in [-0.39, 0.29) is 6.61 Å². The summed E-state index contributed by atoms with van der Waals surface area (Å²) in [5.41, 5.74) is 0. The summed E-state index contributed by atoms with van der Waals surface area (Å²) in [6.07, 6.45) is -8.47. The zero-order chi connectivity index (χ0) is 17.1. The highest BCUT2D eigenvalue weighted by Gasteiger charge is 1.96. The van der Waals surface area contributed by atoms with Gasteiger partial charge in [0.15, 0.2) is 6.61 Å². The summed E-state index contributed by atoms with van der Waals surface area (Å²) < 4.78 is 72.1. The molecule has 0 aromatic rings. The van der Waals surface area contributed by atoms with E-state index in [1.807, 2.05) is 0 Å². The number of carbonyl (C=O) groups excluding carboxylic acids is 1. The zero-order valence-corrected chi connectivity index (χ0v) is 8.06. The molecule has 4 heteroatoms. The van der Waals surface area contributed by atoms with Gasteiger partial charge in [0.2, 0.25) is 0 Å². The lowest BCUT2D eigenvalue weighted by Gasteiger charge is -2.02. The molecular weight excluding hydrogens is 269 g/mol. The van der Waals surface area contributed by atoms with Crippen molar-refractivity contribution in [3.63, 3.8) is 0 Å². The van der Waals surface area contributed by atoms with Crippen molar-refractivity contribution in [3.05, 3.63) is 0 Å². The first kappa shape index (κ1) is 3.37. The van der Waals surface area contributed by atoms with E-state index in [1.54, 1.807) is 22.6 Å². The smallest absolute Gasteiger partial charge is 0.408 e. The molecule has 0 fully saturated rings. The molecule has 0 atom stereocenters. The number of hydrogen-bond acceptors (Lipinski definition) is 2. The normalized spacial score (nSPS) is 23.9. The third-order valence-corrected chi connectivity index (χ3v) is 1.01. The third kappa shape index (κ3) is 7.66. The molecule has 0 rings (SSSR count). The second kappa shape index (κ2) is 8.65. The summed E-state index contributed by atoms with van der Waals surface area (Å²) in [5, 5.41) is 1.47. The molecule has 0 aromatic heterocycles. The molecule has 0 aromatic carbocycles. The predicted molar refractivity (Wildman–Crippen MR) is 56.1 cm³/mol. The summed E-state index contributed by atoms with van der Waals surface area (Å²) in [5.74, 6) is 2.33. The first-order chi connectivity index (χ1) is 9.20. The van der Waals surface area contributed by atoms with E-state index in [9.17, 15) is 4.79 Å². The number of carbonyl (C=O) groups is 1. The van der Waals surface area contributed by atoms with E-state index in [4.69, 9.17) is 12.3 Å². The molecular formula is C8H12INO2. The summed E-state index contributed by atoms with van der Waals surface area (Å²) in [6, 6.07) is 0. The van der Waals surface area contributed by atoms with Gasteiger partial charge in [0.25, 0.3) is 0 Å². The molecule has 0 aliphatic heterocycles. The van der Waals surface area contributed by atoms with Gasteiger partial charge in [0.1, 0.15) is 0 Å². The van der Waals surface area contributed by atoms with Crippen LogP contribution in [0.15, 0.2) is 0 Å². The number of amides is 1. The highest BCUT2D eigenvalue weighted by Crippen LogP contribution is 1.84. The van der Waals surface area contributed by atoms with Crippen molar-refractivity contribution >= 4 is 28.7 Å². The Bertz CT molecular complexity index is 451. The van der Waals surface area contributed by atoms with Gasteiger partial charge in [0.05, 0.1) is 0 Å². The third-order valence-electron chi connectivity index (χ3n) is 0.632. The molecule has 0 bridgehead atoms. The Balaban J connectivity index is 5.19. The van der Waals surface area contributed by atoms with E-state index in [1.165, 1.54) is 5.32 Å². The van der Waals surface area contributed by atoms with Gasteiger partial charge in [-0.25, -0.2) is 4.79 Å². The van der Waals surface area contributed by atoms with Crippen LogP contribution in [0.1, 0.15) is 31.9 Å². The molecule has 0 radical (unpaired) electrons. The van der Waals surface area contributed by atoms with Gasteiger partial charge in [-0.1, -0.05) is 19.1 Å². The lowest BCUT2D eigenvalue weighted by molar-refractivity contribution is 0.160. The Morgan fingerprint density at radius 1 is 1.92 bits per heavy atom. The van der Waals surface area contributed by atoms with Crippen LogP contribution in [0.5, 0.6) is 0 Å². The molecule has 12 heavy (non-hydrogen) atoms. The van der Waals surface area contributed by atoms with Crippen LogP contribution in [0.25, 0.3) is 0 Å². The van der Waals surface area contributed by atoms with Crippen LogP contribution in [0.2, 0.25) is 0 Å². The number of hydrogen-bond donors (Lipinski definition) is 1. The Labute approximate surface area is 99.0 Å². The molecule has 0 saturated heterocycles. The molecule has 0 saturated carbocycles. The van der Waals surface area contributed by atoms with Crippen LogP contribution >= 0.6 is 22.6 Å². The van der Waals surface area contributed by atoms with Gasteiger partial charge in [0, 0.05) is 41.4 Å². The molecule has 0 unspecified atom stereocenters. The first-order valence-corrected chi connectivity index (χ1v) is 3.82. The van der Waals surface area contributed by atoms with E-state index in [0.717, 1.165) is 0 Å². The van der Waals surface area contributed by atoms with Gasteiger partial charge in [-0.05, 0) is 10.3 Å². The Morgan fingerprint density at radius 2 is 2.75 bits per heavy atom. The minimum absolute atomic E-state index is 0.375. The van der Waals surface area contributed by atoms with Gasteiger partial charge in [-0.2, -0.15) is 0 Å². The lowest BCUT2D eigenvalue weighted by Crippen LogP contribution is -2.25. The maximum absolute atomic E-state index is 11.3. The van der Waals surface area contributed by atoms with Crippen molar-refractivity contribution < 1.29 is 21.9 Å². The van der Waals surface area contributed by atoms with Crippen LogP contribution in [-0.4, -0.2) is 19.2 Å². The average molecular weight is 290 g/mol. The maximum atomic E-state index is 11.3. The predicted octanol–water partition coefficient (Wildman–Crippen LogP) is 1.91. The van der Waals surface area contributed by atoms with Crippen molar-refractivity contribution in [3.8, 4) is 9.85 Å². The van der Waals surface area contributed by atoms with Crippen molar-refractivity contribution in [2.24, 2.45) is 0 Å². The number of ether oxygens (including phenoxy) is 1. The van der Waals surface area contributed by atoms with Gasteiger partial charge in [-0.3, -0.25) is 0 Å². The molecule has 0 aliphatic rings. The van der Waals surface area contributed by atoms with Crippen LogP contribution in [0.3, 0.4) is 0 Å². The SMILES string of the molecule is [2H]C([2H])([2H])C([2H])([2H])C([2H])([2H])C([2H])([2H])NC(=O)OCC#CI. The minimum atomic E-state index is -3.54. The standard InChI is InChI=1S/C8H12INO2/c1-2-3-6-10-8(11)12-7-4-5-9/h2-3,6-7H2,1H3,(H,10,11)/i1D3,2D2,3D2,6D2. The van der Waals surface area contributed by atoms with Crippen LogP contribution in [-0.2, 0) is 4.74 Å². The van der Waals surface area contributed by atoms with Crippen molar-refractivity contribution in [2.75, 3.05) is 13.1 Å². The van der Waals surface area contributed by atoms with Crippen LogP contribution < -0.4 is 5.32 Å². The highest BCUT2D eigenvalue weighted by molar-refractivity contribution is 14.1. The monoisotopic (exact) mass is 290 g/mol. The van der Waals surface area contributed by atoms with E-state index < -0.39 is 32.2 Å². The van der Waals surface area contributed by atoms with E-state index >= 15 is 0 Å². The lowest BCUT2D eigenvalue weighted by atomic mass is 10.3. The quantitative estimate of drug-likeness (QED) is 0.634. The number of rotatable bonds is 4. The Kier molecular flexibility index (Phi) is 2.43. The highest BCUT2D eigenvalue weighted by atomic mass is 127. The van der Waals surface area contributed by atoms with Crippen LogP contribution in [0, 0.1) is 9.85 Å². The summed E-state index contributed by atoms with van der Waals surface area (Å²) in [6.45, 7) is -7.12. The summed E-state index contributed by atoms with van der Waals surface area (Å²) in [4.78, 5) is 11.3. The van der Waals surface area contributed by atoms with E-state index in [0.29, 0.717) is 0 Å². The van der Waals surface area contributed by atoms with E-state index in [2.05, 4.69) is 14.6 Å². The number of halogens is 1. The maximum Gasteiger partial charge on any atom is 0.408 e. The zero-order valence-electron chi connectivity index (χ0n) is 14.9. The molecule has 0 spiro atoms. The minimum Gasteiger partial charge on any atom is -0.436 e. The van der Waals surface area contributed by atoms with Crippen LogP contribution in [0.4, 0.5) is 4.79 Å². The van der Waals surface area contributed by atoms with Crippen molar-refractivity contribution in [1.82, 2.24) is 5.32 Å². The molecule has 3 nitrogen and oxygen atoms in total. The van der Waals surface area contributed by atoms with Crippen molar-refractivity contribution in [1.29, 1.82) is 0 Å². The summed E-state index contributed by atoms with van der Waals surface area (Å²) >= 11 is 1.68. The van der Waals surface area contributed by atoms with Gasteiger partial charge < -0.3 is 10.1 Å².